The Labute approximate surface area is 154 Å². The van der Waals surface area contributed by atoms with E-state index in [0.717, 1.165) is 57.1 Å². The highest BCUT2D eigenvalue weighted by atomic mass is 16.2. The summed E-state index contributed by atoms with van der Waals surface area (Å²) in [5.41, 5.74) is 1.03. The van der Waals surface area contributed by atoms with Crippen LogP contribution in [0.3, 0.4) is 0 Å². The fourth-order valence-electron chi connectivity index (χ4n) is 4.13. The molecule has 1 atom stereocenters. The normalized spacial score (nSPS) is 21.2. The van der Waals surface area contributed by atoms with Gasteiger partial charge in [0.1, 0.15) is 5.82 Å². The lowest BCUT2D eigenvalue weighted by Gasteiger charge is -2.33. The molecule has 6 heteroatoms. The number of rotatable bonds is 5. The van der Waals surface area contributed by atoms with Gasteiger partial charge in [-0.1, -0.05) is 6.07 Å². The van der Waals surface area contributed by atoms with Crippen LogP contribution in [-0.4, -0.2) is 63.0 Å². The van der Waals surface area contributed by atoms with Gasteiger partial charge in [0.05, 0.1) is 18.8 Å². The van der Waals surface area contributed by atoms with Crippen LogP contribution in [0, 0.1) is 0 Å². The van der Waals surface area contributed by atoms with Gasteiger partial charge in [0.2, 0.25) is 5.91 Å². The van der Waals surface area contributed by atoms with E-state index in [1.165, 1.54) is 12.8 Å². The molecule has 2 aromatic rings. The van der Waals surface area contributed by atoms with Crippen molar-refractivity contribution in [3.05, 3.63) is 48.3 Å². The SMILES string of the molecule is O=C(CN1CCCC1)N1CCCC(c2nccn2Cc2ccccn2)C1. The van der Waals surface area contributed by atoms with Crippen LogP contribution in [-0.2, 0) is 11.3 Å². The largest absolute Gasteiger partial charge is 0.341 e. The van der Waals surface area contributed by atoms with E-state index in [4.69, 9.17) is 0 Å². The van der Waals surface area contributed by atoms with Gasteiger partial charge >= 0.3 is 0 Å². The van der Waals surface area contributed by atoms with Gasteiger partial charge in [0, 0.05) is 37.6 Å². The van der Waals surface area contributed by atoms with Crippen molar-refractivity contribution in [2.45, 2.75) is 38.1 Å². The highest BCUT2D eigenvalue weighted by molar-refractivity contribution is 5.78. The molecule has 4 heterocycles. The zero-order valence-electron chi connectivity index (χ0n) is 15.3. The smallest absolute Gasteiger partial charge is 0.236 e. The number of amides is 1. The monoisotopic (exact) mass is 353 g/mol. The first-order chi connectivity index (χ1) is 12.8. The first kappa shape index (κ1) is 17.2. The maximum atomic E-state index is 12.7. The number of likely N-dealkylation sites (tertiary alicyclic amines) is 2. The summed E-state index contributed by atoms with van der Waals surface area (Å²) in [6.45, 7) is 5.11. The molecule has 2 aliphatic rings. The molecule has 4 rings (SSSR count). The van der Waals surface area contributed by atoms with E-state index in [0.29, 0.717) is 12.5 Å². The van der Waals surface area contributed by atoms with Crippen LogP contribution in [0.4, 0.5) is 0 Å². The fourth-order valence-corrected chi connectivity index (χ4v) is 4.13. The van der Waals surface area contributed by atoms with E-state index in [-0.39, 0.29) is 5.91 Å². The number of carbonyl (C=O) groups is 1. The molecule has 26 heavy (non-hydrogen) atoms. The second kappa shape index (κ2) is 7.99. The Morgan fingerprint density at radius 1 is 1.08 bits per heavy atom. The predicted molar refractivity (Wildman–Crippen MR) is 99.8 cm³/mol. The molecule has 2 aromatic heterocycles. The van der Waals surface area contributed by atoms with Gasteiger partial charge in [-0.2, -0.15) is 0 Å². The molecule has 2 aliphatic heterocycles. The van der Waals surface area contributed by atoms with Crippen molar-refractivity contribution in [2.24, 2.45) is 0 Å². The minimum Gasteiger partial charge on any atom is -0.341 e. The summed E-state index contributed by atoms with van der Waals surface area (Å²) in [5, 5.41) is 0. The highest BCUT2D eigenvalue weighted by Crippen LogP contribution is 2.26. The van der Waals surface area contributed by atoms with Crippen molar-refractivity contribution < 1.29 is 4.79 Å². The molecular formula is C20H27N5O. The van der Waals surface area contributed by atoms with Gasteiger partial charge in [-0.15, -0.1) is 0 Å². The lowest BCUT2D eigenvalue weighted by Crippen LogP contribution is -2.44. The number of pyridine rings is 1. The van der Waals surface area contributed by atoms with Crippen molar-refractivity contribution in [1.29, 1.82) is 0 Å². The maximum Gasteiger partial charge on any atom is 0.236 e. The number of hydrogen-bond acceptors (Lipinski definition) is 4. The molecule has 6 nitrogen and oxygen atoms in total. The molecule has 2 saturated heterocycles. The molecule has 0 N–H and O–H groups in total. The van der Waals surface area contributed by atoms with Gasteiger partial charge in [-0.05, 0) is 50.9 Å². The Balaban J connectivity index is 1.41. The highest BCUT2D eigenvalue weighted by Gasteiger charge is 2.28. The van der Waals surface area contributed by atoms with E-state index in [1.54, 1.807) is 0 Å². The summed E-state index contributed by atoms with van der Waals surface area (Å²) in [5.74, 6) is 1.67. The van der Waals surface area contributed by atoms with Crippen molar-refractivity contribution >= 4 is 5.91 Å². The molecule has 0 spiro atoms. The Kier molecular flexibility index (Phi) is 5.29. The third-order valence-corrected chi connectivity index (χ3v) is 5.50. The number of imidazole rings is 1. The molecule has 0 aliphatic carbocycles. The number of aromatic nitrogens is 3. The fraction of sp³-hybridized carbons (Fsp3) is 0.550. The van der Waals surface area contributed by atoms with Gasteiger partial charge in [-0.25, -0.2) is 4.98 Å². The van der Waals surface area contributed by atoms with Crippen LogP contribution in [0.5, 0.6) is 0 Å². The maximum absolute atomic E-state index is 12.7. The Morgan fingerprint density at radius 2 is 1.96 bits per heavy atom. The molecule has 138 valence electrons. The van der Waals surface area contributed by atoms with Crippen LogP contribution in [0.25, 0.3) is 0 Å². The quantitative estimate of drug-likeness (QED) is 0.826. The van der Waals surface area contributed by atoms with Crippen molar-refractivity contribution in [1.82, 2.24) is 24.3 Å². The van der Waals surface area contributed by atoms with Gasteiger partial charge in [0.25, 0.3) is 0 Å². The molecular weight excluding hydrogens is 326 g/mol. The first-order valence-electron chi connectivity index (χ1n) is 9.70. The van der Waals surface area contributed by atoms with Crippen LogP contribution < -0.4 is 0 Å². The third-order valence-electron chi connectivity index (χ3n) is 5.50. The standard InChI is InChI=1S/C20H27N5O/c26-19(16-23-10-3-4-11-23)24-12-5-6-17(14-24)20-22-9-13-25(20)15-18-7-1-2-8-21-18/h1-2,7-9,13,17H,3-6,10-12,14-16H2. The van der Waals surface area contributed by atoms with E-state index >= 15 is 0 Å². The summed E-state index contributed by atoms with van der Waals surface area (Å²) >= 11 is 0. The van der Waals surface area contributed by atoms with Crippen molar-refractivity contribution in [2.75, 3.05) is 32.7 Å². The lowest BCUT2D eigenvalue weighted by molar-refractivity contribution is -0.133. The number of nitrogens with zero attached hydrogens (tertiary/aromatic N) is 5. The molecule has 0 radical (unpaired) electrons. The zero-order chi connectivity index (χ0) is 17.8. The Hall–Kier alpha value is -2.21. The van der Waals surface area contributed by atoms with Crippen LogP contribution in [0.15, 0.2) is 36.8 Å². The average molecular weight is 353 g/mol. The Morgan fingerprint density at radius 3 is 2.77 bits per heavy atom. The second-order valence-electron chi connectivity index (χ2n) is 7.40. The number of hydrogen-bond donors (Lipinski definition) is 0. The van der Waals surface area contributed by atoms with E-state index < -0.39 is 0 Å². The summed E-state index contributed by atoms with van der Waals surface area (Å²) in [6, 6.07) is 5.98. The van der Waals surface area contributed by atoms with Crippen LogP contribution in [0.2, 0.25) is 0 Å². The van der Waals surface area contributed by atoms with Crippen LogP contribution in [0.1, 0.15) is 43.1 Å². The topological polar surface area (TPSA) is 54.3 Å². The molecule has 0 bridgehead atoms. The molecule has 1 unspecified atom stereocenters. The van der Waals surface area contributed by atoms with Crippen molar-refractivity contribution in [3.63, 3.8) is 0 Å². The minimum atomic E-state index is 0.277. The van der Waals surface area contributed by atoms with E-state index in [2.05, 4.69) is 19.4 Å². The number of piperidine rings is 1. The van der Waals surface area contributed by atoms with E-state index in [9.17, 15) is 4.79 Å². The average Bonchev–Trinajstić information content (AvgIpc) is 3.35. The zero-order valence-corrected chi connectivity index (χ0v) is 15.3. The molecule has 1 amide bonds. The van der Waals surface area contributed by atoms with Crippen LogP contribution >= 0.6 is 0 Å². The van der Waals surface area contributed by atoms with Gasteiger partial charge < -0.3 is 9.47 Å². The lowest BCUT2D eigenvalue weighted by atomic mass is 9.97. The van der Waals surface area contributed by atoms with E-state index in [1.807, 2.05) is 41.7 Å². The summed E-state index contributed by atoms with van der Waals surface area (Å²) in [4.78, 5) is 26.1. The second-order valence-corrected chi connectivity index (χ2v) is 7.40. The molecule has 0 aromatic carbocycles. The minimum absolute atomic E-state index is 0.277. The summed E-state index contributed by atoms with van der Waals surface area (Å²) in [6.07, 6.45) is 10.3. The van der Waals surface area contributed by atoms with Gasteiger partial charge in [-0.3, -0.25) is 14.7 Å². The molecule has 0 saturated carbocycles. The number of carbonyl (C=O) groups excluding carboxylic acids is 1. The summed E-state index contributed by atoms with van der Waals surface area (Å²) < 4.78 is 2.18. The predicted octanol–water partition coefficient (Wildman–Crippen LogP) is 2.13. The third kappa shape index (κ3) is 3.96. The molecule has 2 fully saturated rings. The first-order valence-corrected chi connectivity index (χ1v) is 9.70. The summed E-state index contributed by atoms with van der Waals surface area (Å²) in [7, 11) is 0. The Bertz CT molecular complexity index is 723. The van der Waals surface area contributed by atoms with Gasteiger partial charge in [0.15, 0.2) is 0 Å². The van der Waals surface area contributed by atoms with Crippen molar-refractivity contribution in [3.8, 4) is 0 Å².